The van der Waals surface area contributed by atoms with Crippen LogP contribution in [0.3, 0.4) is 0 Å². The number of rotatable bonds is 10. The summed E-state index contributed by atoms with van der Waals surface area (Å²) in [7, 11) is -3.79. The first kappa shape index (κ1) is 28.7. The van der Waals surface area contributed by atoms with Gasteiger partial charge in [0.2, 0.25) is 10.0 Å². The van der Waals surface area contributed by atoms with Crippen LogP contribution in [-0.2, 0) is 14.8 Å². The van der Waals surface area contributed by atoms with Crippen LogP contribution in [0.15, 0.2) is 77.9 Å². The molecule has 1 unspecified atom stereocenters. The molecule has 0 spiro atoms. The molecule has 0 bridgehead atoms. The molecule has 38 heavy (non-hydrogen) atoms. The monoisotopic (exact) mass is 556 g/mol. The fraction of sp³-hybridized carbons (Fsp3) is 0.222. The van der Waals surface area contributed by atoms with Crippen molar-refractivity contribution in [2.45, 2.75) is 26.8 Å². The molecule has 0 aliphatic heterocycles. The fourth-order valence-corrected chi connectivity index (χ4v) is 4.98. The summed E-state index contributed by atoms with van der Waals surface area (Å²) in [6, 6.07) is 18.9. The number of anilines is 2. The van der Waals surface area contributed by atoms with E-state index in [1.54, 1.807) is 79.7 Å². The summed E-state index contributed by atoms with van der Waals surface area (Å²) in [5.41, 5.74) is 4.81. The molecule has 0 aliphatic carbocycles. The highest BCUT2D eigenvalue weighted by Crippen LogP contribution is 2.24. The number of ether oxygens (including phenoxy) is 1. The normalized spacial score (nSPS) is 12.4. The van der Waals surface area contributed by atoms with Crippen LogP contribution in [0.25, 0.3) is 0 Å². The molecule has 2 amide bonds. The van der Waals surface area contributed by atoms with Crippen LogP contribution in [0.2, 0.25) is 5.02 Å². The minimum Gasteiger partial charge on any atom is -0.494 e. The SMILES string of the molecule is CCOc1ccc(N(C(C)C(=O)N/N=C(/C)c2cccc(NC(=O)c3cccc(Cl)c3)c2)S(C)(=O)=O)cc1. The molecule has 9 nitrogen and oxygen atoms in total. The molecule has 0 saturated heterocycles. The lowest BCUT2D eigenvalue weighted by Gasteiger charge is -2.27. The Kier molecular flexibility index (Phi) is 9.49. The van der Waals surface area contributed by atoms with Gasteiger partial charge in [0.15, 0.2) is 0 Å². The average molecular weight is 557 g/mol. The lowest BCUT2D eigenvalue weighted by Crippen LogP contribution is -2.46. The van der Waals surface area contributed by atoms with Crippen LogP contribution < -0.4 is 19.8 Å². The first-order valence-corrected chi connectivity index (χ1v) is 14.0. The van der Waals surface area contributed by atoms with Gasteiger partial charge in [0.1, 0.15) is 11.8 Å². The smallest absolute Gasteiger partial charge is 0.263 e. The van der Waals surface area contributed by atoms with Crippen LogP contribution in [0.5, 0.6) is 5.75 Å². The number of carbonyl (C=O) groups excluding carboxylic acids is 2. The molecule has 0 saturated carbocycles. The molecule has 0 heterocycles. The summed E-state index contributed by atoms with van der Waals surface area (Å²) >= 11 is 5.97. The zero-order chi connectivity index (χ0) is 27.9. The minimum absolute atomic E-state index is 0.322. The van der Waals surface area contributed by atoms with Gasteiger partial charge >= 0.3 is 0 Å². The molecule has 11 heteroatoms. The molecule has 0 radical (unpaired) electrons. The predicted octanol–water partition coefficient (Wildman–Crippen LogP) is 4.69. The van der Waals surface area contributed by atoms with Gasteiger partial charge in [-0.1, -0.05) is 29.8 Å². The van der Waals surface area contributed by atoms with E-state index in [0.717, 1.165) is 10.6 Å². The molecule has 0 aromatic heterocycles. The number of nitrogens with one attached hydrogen (secondary N) is 2. The molecule has 1 atom stereocenters. The van der Waals surface area contributed by atoms with Crippen LogP contribution in [-0.4, -0.2) is 44.8 Å². The van der Waals surface area contributed by atoms with Crippen molar-refractivity contribution in [1.82, 2.24) is 5.43 Å². The summed E-state index contributed by atoms with van der Waals surface area (Å²) in [6.07, 6.45) is 1.03. The van der Waals surface area contributed by atoms with Crippen LogP contribution in [0.1, 0.15) is 36.7 Å². The van der Waals surface area contributed by atoms with E-state index in [2.05, 4.69) is 15.8 Å². The number of hydrogen-bond donors (Lipinski definition) is 2. The second-order valence-corrected chi connectivity index (χ2v) is 10.7. The van der Waals surface area contributed by atoms with E-state index in [1.807, 2.05) is 6.92 Å². The third kappa shape index (κ3) is 7.56. The van der Waals surface area contributed by atoms with Gasteiger partial charge in [-0.05, 0) is 80.9 Å². The van der Waals surface area contributed by atoms with Crippen molar-refractivity contribution in [3.05, 3.63) is 88.9 Å². The van der Waals surface area contributed by atoms with Crippen LogP contribution >= 0.6 is 11.6 Å². The van der Waals surface area contributed by atoms with E-state index in [9.17, 15) is 18.0 Å². The number of amides is 2. The molecule has 2 N–H and O–H groups in total. The summed E-state index contributed by atoms with van der Waals surface area (Å²) in [4.78, 5) is 25.4. The van der Waals surface area contributed by atoms with Crippen molar-refractivity contribution in [1.29, 1.82) is 0 Å². The Hall–Kier alpha value is -3.89. The van der Waals surface area contributed by atoms with E-state index in [-0.39, 0.29) is 5.91 Å². The molecule has 3 aromatic carbocycles. The Morgan fingerprint density at radius 2 is 1.68 bits per heavy atom. The number of sulfonamides is 1. The zero-order valence-electron chi connectivity index (χ0n) is 21.4. The first-order valence-electron chi connectivity index (χ1n) is 11.7. The maximum atomic E-state index is 12.9. The second kappa shape index (κ2) is 12.6. The van der Waals surface area contributed by atoms with Crippen molar-refractivity contribution >= 4 is 50.5 Å². The van der Waals surface area contributed by atoms with E-state index in [1.165, 1.54) is 6.92 Å². The third-order valence-corrected chi connectivity index (χ3v) is 6.93. The Bertz CT molecular complexity index is 1440. The van der Waals surface area contributed by atoms with Crippen molar-refractivity contribution in [3.8, 4) is 5.75 Å². The number of benzene rings is 3. The van der Waals surface area contributed by atoms with Gasteiger partial charge in [-0.3, -0.25) is 13.9 Å². The van der Waals surface area contributed by atoms with Gasteiger partial charge in [-0.25, -0.2) is 13.8 Å². The summed E-state index contributed by atoms with van der Waals surface area (Å²) < 4.78 is 31.5. The van der Waals surface area contributed by atoms with E-state index in [4.69, 9.17) is 16.3 Å². The van der Waals surface area contributed by atoms with Crippen molar-refractivity contribution < 1.29 is 22.7 Å². The van der Waals surface area contributed by atoms with Crippen molar-refractivity contribution in [2.24, 2.45) is 5.10 Å². The van der Waals surface area contributed by atoms with Crippen LogP contribution in [0.4, 0.5) is 11.4 Å². The maximum Gasteiger partial charge on any atom is 0.263 e. The number of carbonyl (C=O) groups is 2. The third-order valence-electron chi connectivity index (χ3n) is 5.45. The topological polar surface area (TPSA) is 117 Å². The first-order chi connectivity index (χ1) is 18.0. The predicted molar refractivity (Wildman–Crippen MR) is 151 cm³/mol. The number of nitrogens with zero attached hydrogens (tertiary/aromatic N) is 2. The van der Waals surface area contributed by atoms with Gasteiger partial charge in [0.25, 0.3) is 11.8 Å². The fourth-order valence-electron chi connectivity index (χ4n) is 3.62. The highest BCUT2D eigenvalue weighted by atomic mass is 35.5. The van der Waals surface area contributed by atoms with Gasteiger partial charge in [0, 0.05) is 16.3 Å². The Morgan fingerprint density at radius 3 is 2.32 bits per heavy atom. The Labute approximate surface area is 227 Å². The molecular formula is C27H29ClN4O5S. The maximum absolute atomic E-state index is 12.9. The number of hydrazone groups is 1. The van der Waals surface area contributed by atoms with Gasteiger partial charge < -0.3 is 10.1 Å². The molecule has 0 aliphatic rings. The highest BCUT2D eigenvalue weighted by molar-refractivity contribution is 7.92. The van der Waals surface area contributed by atoms with Crippen molar-refractivity contribution in [2.75, 3.05) is 22.5 Å². The molecule has 0 fully saturated rings. The van der Waals surface area contributed by atoms with Gasteiger partial charge in [0.05, 0.1) is 24.3 Å². The van der Waals surface area contributed by atoms with Gasteiger partial charge in [-0.2, -0.15) is 5.10 Å². The molecule has 3 rings (SSSR count). The summed E-state index contributed by atoms with van der Waals surface area (Å²) in [6.45, 7) is 5.48. The summed E-state index contributed by atoms with van der Waals surface area (Å²) in [5, 5.41) is 7.41. The molecule has 3 aromatic rings. The Morgan fingerprint density at radius 1 is 1.03 bits per heavy atom. The molecular weight excluding hydrogens is 528 g/mol. The minimum atomic E-state index is -3.79. The average Bonchev–Trinajstić information content (AvgIpc) is 2.87. The van der Waals surface area contributed by atoms with E-state index >= 15 is 0 Å². The van der Waals surface area contributed by atoms with Crippen molar-refractivity contribution in [3.63, 3.8) is 0 Å². The van der Waals surface area contributed by atoms with E-state index in [0.29, 0.717) is 45.6 Å². The highest BCUT2D eigenvalue weighted by Gasteiger charge is 2.29. The second-order valence-electron chi connectivity index (χ2n) is 8.38. The Balaban J connectivity index is 1.72. The van der Waals surface area contributed by atoms with Crippen LogP contribution in [0, 0.1) is 0 Å². The zero-order valence-corrected chi connectivity index (χ0v) is 23.0. The lowest BCUT2D eigenvalue weighted by molar-refractivity contribution is -0.121. The quantitative estimate of drug-likeness (QED) is 0.277. The largest absolute Gasteiger partial charge is 0.494 e. The summed E-state index contributed by atoms with van der Waals surface area (Å²) in [5.74, 6) is -0.349. The standard InChI is InChI=1S/C27H29ClN4O5S/c1-5-37-25-14-12-24(13-15-25)32(38(4,35)36)19(3)26(33)31-30-18(2)20-8-7-11-23(17-20)29-27(34)21-9-6-10-22(28)16-21/h6-17,19H,5H2,1-4H3,(H,29,34)(H,31,33)/b30-18-. The number of hydrogen-bond acceptors (Lipinski definition) is 6. The van der Waals surface area contributed by atoms with Gasteiger partial charge in [-0.15, -0.1) is 0 Å². The lowest BCUT2D eigenvalue weighted by atomic mass is 10.1. The van der Waals surface area contributed by atoms with E-state index < -0.39 is 22.0 Å². The molecule has 200 valence electrons. The number of halogens is 1.